The van der Waals surface area contributed by atoms with Crippen LogP contribution in [-0.2, 0) is 6.42 Å². The molecule has 0 spiro atoms. The van der Waals surface area contributed by atoms with Gasteiger partial charge in [-0.25, -0.2) is 4.98 Å². The lowest BCUT2D eigenvalue weighted by atomic mass is 10.1. The number of unbranched alkanes of at least 4 members (excludes halogenated alkanes) is 5. The summed E-state index contributed by atoms with van der Waals surface area (Å²) in [6.45, 7) is 3.83. The summed E-state index contributed by atoms with van der Waals surface area (Å²) in [4.78, 5) is 7.30. The fraction of sp³-hybridized carbons (Fsp3) is 0.636. The zero-order valence-corrected chi connectivity index (χ0v) is 8.26. The Morgan fingerprint density at radius 2 is 1.92 bits per heavy atom. The summed E-state index contributed by atoms with van der Waals surface area (Å²) in [6, 6.07) is 0. The average Bonchev–Trinajstić information content (AvgIpc) is 2.63. The Labute approximate surface area is 80.8 Å². The summed E-state index contributed by atoms with van der Waals surface area (Å²) in [5, 5.41) is 0. The molecule has 0 fully saturated rings. The Morgan fingerprint density at radius 1 is 1.15 bits per heavy atom. The molecule has 2 nitrogen and oxygen atoms in total. The number of hydrogen-bond donors (Lipinski definition) is 1. The zero-order valence-electron chi connectivity index (χ0n) is 8.26. The van der Waals surface area contributed by atoms with Crippen LogP contribution < -0.4 is 0 Å². The van der Waals surface area contributed by atoms with Gasteiger partial charge in [0.25, 0.3) is 0 Å². The lowest BCUT2D eigenvalue weighted by Gasteiger charge is -1.98. The minimum absolute atomic E-state index is 1.08. The van der Waals surface area contributed by atoms with Gasteiger partial charge >= 0.3 is 0 Å². The van der Waals surface area contributed by atoms with Gasteiger partial charge in [-0.05, 0) is 6.42 Å². The Hall–Kier alpha value is -0.790. The number of aromatic nitrogens is 2. The van der Waals surface area contributed by atoms with E-state index in [2.05, 4.69) is 16.9 Å². The molecule has 1 rings (SSSR count). The molecule has 0 aromatic carbocycles. The number of rotatable bonds is 7. The summed E-state index contributed by atoms with van der Waals surface area (Å²) in [7, 11) is 0. The predicted molar refractivity (Wildman–Crippen MR) is 55.4 cm³/mol. The lowest BCUT2D eigenvalue weighted by Crippen LogP contribution is -1.88. The maximum absolute atomic E-state index is 4.18. The smallest absolute Gasteiger partial charge is 0.105 e. The molecule has 1 N–H and O–H groups in total. The van der Waals surface area contributed by atoms with Crippen LogP contribution in [0.15, 0.2) is 12.4 Å². The van der Waals surface area contributed by atoms with E-state index >= 15 is 0 Å². The maximum Gasteiger partial charge on any atom is 0.105 e. The zero-order chi connectivity index (χ0) is 9.36. The number of nitrogens with one attached hydrogen (secondary N) is 1. The van der Waals surface area contributed by atoms with Gasteiger partial charge in [-0.3, -0.25) is 0 Å². The van der Waals surface area contributed by atoms with Gasteiger partial charge in [-0.1, -0.05) is 39.0 Å². The molecule has 0 saturated heterocycles. The first-order valence-electron chi connectivity index (χ1n) is 5.21. The highest BCUT2D eigenvalue weighted by Gasteiger charge is 1.94. The van der Waals surface area contributed by atoms with Crippen LogP contribution in [0.25, 0.3) is 0 Å². The molecule has 1 radical (unpaired) electrons. The van der Waals surface area contributed by atoms with Crippen molar-refractivity contribution < 1.29 is 0 Å². The molecule has 73 valence electrons. The van der Waals surface area contributed by atoms with Crippen LogP contribution in [0.4, 0.5) is 0 Å². The van der Waals surface area contributed by atoms with Crippen LogP contribution in [0, 0.1) is 6.92 Å². The summed E-state index contributed by atoms with van der Waals surface area (Å²) < 4.78 is 0. The first-order valence-corrected chi connectivity index (χ1v) is 5.21. The van der Waals surface area contributed by atoms with E-state index in [1.165, 1.54) is 32.1 Å². The molecule has 0 amide bonds. The number of aromatic amines is 1. The minimum atomic E-state index is 1.08. The molecule has 1 heterocycles. The molecule has 0 aliphatic carbocycles. The highest BCUT2D eigenvalue weighted by molar-refractivity contribution is 4.86. The summed E-state index contributed by atoms with van der Waals surface area (Å²) >= 11 is 0. The van der Waals surface area contributed by atoms with E-state index in [4.69, 9.17) is 0 Å². The Bertz CT molecular complexity index is 192. The molecule has 0 bridgehead atoms. The standard InChI is InChI=1S/C11H19N2/c1-2-3-4-5-6-7-8-11-12-9-10-13-11/h9-10H,1-8H2,(H,12,13). The molecular weight excluding hydrogens is 160 g/mol. The predicted octanol–water partition coefficient (Wildman–Crippen LogP) is 3.13. The first kappa shape index (κ1) is 10.3. The van der Waals surface area contributed by atoms with Crippen molar-refractivity contribution in [2.75, 3.05) is 0 Å². The van der Waals surface area contributed by atoms with Gasteiger partial charge in [0, 0.05) is 18.8 Å². The van der Waals surface area contributed by atoms with Crippen LogP contribution >= 0.6 is 0 Å². The van der Waals surface area contributed by atoms with Crippen molar-refractivity contribution in [1.82, 2.24) is 9.97 Å². The minimum Gasteiger partial charge on any atom is -0.349 e. The normalized spacial score (nSPS) is 10.5. The largest absolute Gasteiger partial charge is 0.349 e. The van der Waals surface area contributed by atoms with Crippen molar-refractivity contribution in [3.05, 3.63) is 25.1 Å². The van der Waals surface area contributed by atoms with Crippen LogP contribution in [0.1, 0.15) is 44.3 Å². The summed E-state index contributed by atoms with van der Waals surface area (Å²) in [5.74, 6) is 1.12. The van der Waals surface area contributed by atoms with Gasteiger partial charge in [0.2, 0.25) is 0 Å². The number of nitrogens with zero attached hydrogens (tertiary/aromatic N) is 1. The number of imidazole rings is 1. The Balaban J connectivity index is 1.90. The van der Waals surface area contributed by atoms with Gasteiger partial charge in [-0.2, -0.15) is 0 Å². The van der Waals surface area contributed by atoms with E-state index in [-0.39, 0.29) is 0 Å². The quantitative estimate of drug-likeness (QED) is 0.640. The number of aryl methyl sites for hydroxylation is 1. The molecule has 0 aliphatic heterocycles. The van der Waals surface area contributed by atoms with Gasteiger partial charge in [-0.15, -0.1) is 0 Å². The Kier molecular flexibility index (Phi) is 5.30. The molecule has 13 heavy (non-hydrogen) atoms. The number of H-pyrrole nitrogens is 1. The van der Waals surface area contributed by atoms with Crippen molar-refractivity contribution >= 4 is 0 Å². The third-order valence-electron chi connectivity index (χ3n) is 2.22. The van der Waals surface area contributed by atoms with E-state index < -0.39 is 0 Å². The SMILES string of the molecule is [CH2]CCCCCCCc1ncc[nH]1. The molecule has 0 aliphatic rings. The highest BCUT2D eigenvalue weighted by atomic mass is 14.9. The van der Waals surface area contributed by atoms with Gasteiger partial charge in [0.15, 0.2) is 0 Å². The van der Waals surface area contributed by atoms with Crippen molar-refractivity contribution in [2.24, 2.45) is 0 Å². The third-order valence-corrected chi connectivity index (χ3v) is 2.22. The fourth-order valence-corrected chi connectivity index (χ4v) is 1.43. The van der Waals surface area contributed by atoms with Crippen molar-refractivity contribution in [2.45, 2.75) is 44.9 Å². The second kappa shape index (κ2) is 6.70. The van der Waals surface area contributed by atoms with Crippen LogP contribution in [0.5, 0.6) is 0 Å². The highest BCUT2D eigenvalue weighted by Crippen LogP contribution is 2.06. The Morgan fingerprint density at radius 3 is 2.62 bits per heavy atom. The first-order chi connectivity index (χ1) is 6.43. The van der Waals surface area contributed by atoms with Crippen molar-refractivity contribution in [3.63, 3.8) is 0 Å². The molecule has 0 saturated carbocycles. The van der Waals surface area contributed by atoms with E-state index in [0.29, 0.717) is 0 Å². The molecule has 2 heteroatoms. The van der Waals surface area contributed by atoms with Crippen LogP contribution in [0.3, 0.4) is 0 Å². The third kappa shape index (κ3) is 4.71. The fourth-order valence-electron chi connectivity index (χ4n) is 1.43. The van der Waals surface area contributed by atoms with E-state index in [1.54, 1.807) is 0 Å². The van der Waals surface area contributed by atoms with E-state index in [0.717, 1.165) is 18.7 Å². The van der Waals surface area contributed by atoms with Gasteiger partial charge < -0.3 is 4.98 Å². The number of hydrogen-bond acceptors (Lipinski definition) is 1. The maximum atomic E-state index is 4.18. The van der Waals surface area contributed by atoms with Gasteiger partial charge in [0.05, 0.1) is 0 Å². The van der Waals surface area contributed by atoms with Crippen molar-refractivity contribution in [3.8, 4) is 0 Å². The summed E-state index contributed by atoms with van der Waals surface area (Å²) in [6.07, 6.45) is 12.4. The monoisotopic (exact) mass is 179 g/mol. The van der Waals surface area contributed by atoms with Crippen LogP contribution in [0.2, 0.25) is 0 Å². The molecule has 0 unspecified atom stereocenters. The van der Waals surface area contributed by atoms with E-state index in [9.17, 15) is 0 Å². The second-order valence-electron chi connectivity index (χ2n) is 3.41. The average molecular weight is 179 g/mol. The van der Waals surface area contributed by atoms with E-state index in [1.807, 2.05) is 12.4 Å². The van der Waals surface area contributed by atoms with Crippen molar-refractivity contribution in [1.29, 1.82) is 0 Å². The second-order valence-corrected chi connectivity index (χ2v) is 3.41. The molecule has 1 aromatic rings. The molecule has 0 atom stereocenters. The topological polar surface area (TPSA) is 28.7 Å². The summed E-state index contributed by atoms with van der Waals surface area (Å²) in [5.41, 5.74) is 0. The van der Waals surface area contributed by atoms with Crippen LogP contribution in [-0.4, -0.2) is 9.97 Å². The molecular formula is C11H19N2. The van der Waals surface area contributed by atoms with Gasteiger partial charge in [0.1, 0.15) is 5.82 Å². The molecule has 1 aromatic heterocycles. The lowest BCUT2D eigenvalue weighted by molar-refractivity contribution is 0.611.